The normalized spacial score (nSPS) is 12.4. The second-order valence-electron chi connectivity index (χ2n) is 4.94. The number of nitrogens with one attached hydrogen (secondary N) is 1. The summed E-state index contributed by atoms with van der Waals surface area (Å²) in [5.74, 6) is 1.39. The average molecular weight is 266 g/mol. The highest BCUT2D eigenvalue weighted by molar-refractivity contribution is 5.26. The van der Waals surface area contributed by atoms with Gasteiger partial charge in [-0.3, -0.25) is 4.98 Å². The number of rotatable bonds is 9. The molecule has 0 aromatic carbocycles. The monoisotopic (exact) mass is 266 g/mol. The minimum absolute atomic E-state index is 0.267. The summed E-state index contributed by atoms with van der Waals surface area (Å²) in [6.45, 7) is 6.08. The van der Waals surface area contributed by atoms with Crippen molar-refractivity contribution in [1.82, 2.24) is 10.3 Å². The summed E-state index contributed by atoms with van der Waals surface area (Å²) in [6.07, 6.45) is 3.17. The van der Waals surface area contributed by atoms with Crippen LogP contribution in [0.4, 0.5) is 0 Å². The van der Waals surface area contributed by atoms with Crippen molar-refractivity contribution >= 4 is 0 Å². The zero-order valence-corrected chi connectivity index (χ0v) is 12.3. The van der Waals surface area contributed by atoms with Crippen molar-refractivity contribution in [1.29, 1.82) is 0 Å². The fourth-order valence-electron chi connectivity index (χ4n) is 2.25. The molecule has 1 unspecified atom stereocenters. The Balaban J connectivity index is 2.45. The summed E-state index contributed by atoms with van der Waals surface area (Å²) >= 11 is 0. The second kappa shape index (κ2) is 8.88. The van der Waals surface area contributed by atoms with Gasteiger partial charge in [0.15, 0.2) is 0 Å². The molecule has 4 nitrogen and oxygen atoms in total. The molecule has 0 saturated heterocycles. The van der Waals surface area contributed by atoms with Gasteiger partial charge in [-0.25, -0.2) is 0 Å². The summed E-state index contributed by atoms with van der Waals surface area (Å²) in [7, 11) is 1.67. The van der Waals surface area contributed by atoms with Gasteiger partial charge in [0.1, 0.15) is 5.75 Å². The molecule has 0 saturated carbocycles. The number of hydrogen-bond donors (Lipinski definition) is 2. The first-order chi connectivity index (χ1) is 9.19. The van der Waals surface area contributed by atoms with Crippen LogP contribution < -0.4 is 10.1 Å². The van der Waals surface area contributed by atoms with Crippen LogP contribution in [0.3, 0.4) is 0 Å². The lowest BCUT2D eigenvalue weighted by atomic mass is 10.0. The molecule has 19 heavy (non-hydrogen) atoms. The number of ether oxygens (including phenoxy) is 1. The van der Waals surface area contributed by atoms with E-state index in [1.54, 1.807) is 7.11 Å². The van der Waals surface area contributed by atoms with Crippen LogP contribution in [-0.2, 0) is 6.54 Å². The van der Waals surface area contributed by atoms with Crippen molar-refractivity contribution in [3.8, 4) is 5.75 Å². The molecule has 0 bridgehead atoms. The topological polar surface area (TPSA) is 54.4 Å². The number of aliphatic hydroxyl groups is 1. The van der Waals surface area contributed by atoms with Crippen molar-refractivity contribution in [2.75, 3.05) is 20.3 Å². The Morgan fingerprint density at radius 1 is 1.37 bits per heavy atom. The van der Waals surface area contributed by atoms with Crippen LogP contribution in [0.1, 0.15) is 37.6 Å². The molecule has 1 aromatic rings. The van der Waals surface area contributed by atoms with Gasteiger partial charge in [-0.15, -0.1) is 0 Å². The number of methoxy groups -OCH3 is 1. The number of pyridine rings is 1. The largest absolute Gasteiger partial charge is 0.497 e. The van der Waals surface area contributed by atoms with Gasteiger partial charge >= 0.3 is 0 Å². The molecule has 4 heteroatoms. The molecule has 1 atom stereocenters. The molecule has 0 amide bonds. The standard InChI is InChI=1S/C15H26N2O2/c1-4-5-13(6-7-18)10-16-11-14-9-15(19-3)8-12(2)17-14/h8-9,13,16,18H,4-7,10-11H2,1-3H3. The van der Waals surface area contributed by atoms with Crippen LogP contribution in [0.5, 0.6) is 5.75 Å². The van der Waals surface area contributed by atoms with Crippen molar-refractivity contribution < 1.29 is 9.84 Å². The predicted molar refractivity (Wildman–Crippen MR) is 77.3 cm³/mol. The smallest absolute Gasteiger partial charge is 0.122 e. The summed E-state index contributed by atoms with van der Waals surface area (Å²) < 4.78 is 5.24. The number of aromatic nitrogens is 1. The quantitative estimate of drug-likeness (QED) is 0.720. The van der Waals surface area contributed by atoms with Gasteiger partial charge < -0.3 is 15.2 Å². The van der Waals surface area contributed by atoms with Gasteiger partial charge in [-0.2, -0.15) is 0 Å². The Bertz CT molecular complexity index is 363. The minimum Gasteiger partial charge on any atom is -0.497 e. The predicted octanol–water partition coefficient (Wildman–Crippen LogP) is 2.29. The maximum atomic E-state index is 9.03. The zero-order valence-electron chi connectivity index (χ0n) is 12.3. The Hall–Kier alpha value is -1.13. The number of nitrogens with zero attached hydrogens (tertiary/aromatic N) is 1. The lowest BCUT2D eigenvalue weighted by molar-refractivity contribution is 0.248. The van der Waals surface area contributed by atoms with E-state index in [-0.39, 0.29) is 6.61 Å². The molecule has 1 aromatic heterocycles. The SMILES string of the molecule is CCCC(CCO)CNCc1cc(OC)cc(C)n1. The van der Waals surface area contributed by atoms with Crippen LogP contribution in [0, 0.1) is 12.8 Å². The van der Waals surface area contributed by atoms with Crippen LogP contribution in [0.2, 0.25) is 0 Å². The molecular weight excluding hydrogens is 240 g/mol. The maximum absolute atomic E-state index is 9.03. The zero-order chi connectivity index (χ0) is 14.1. The first-order valence-corrected chi connectivity index (χ1v) is 7.02. The van der Waals surface area contributed by atoms with Crippen LogP contribution in [-0.4, -0.2) is 30.4 Å². The van der Waals surface area contributed by atoms with Crippen LogP contribution in [0.25, 0.3) is 0 Å². The van der Waals surface area contributed by atoms with E-state index in [4.69, 9.17) is 9.84 Å². The first-order valence-electron chi connectivity index (χ1n) is 7.02. The number of aliphatic hydroxyl groups excluding tert-OH is 1. The summed E-state index contributed by atoms with van der Waals surface area (Å²) in [5.41, 5.74) is 1.97. The Kier molecular flexibility index (Phi) is 7.45. The number of aryl methyl sites for hydroxylation is 1. The van der Waals surface area contributed by atoms with Crippen molar-refractivity contribution in [3.63, 3.8) is 0 Å². The fourth-order valence-corrected chi connectivity index (χ4v) is 2.25. The van der Waals surface area contributed by atoms with Crippen LogP contribution in [0.15, 0.2) is 12.1 Å². The van der Waals surface area contributed by atoms with Gasteiger partial charge in [0.2, 0.25) is 0 Å². The van der Waals surface area contributed by atoms with E-state index >= 15 is 0 Å². The third-order valence-corrected chi connectivity index (χ3v) is 3.19. The van der Waals surface area contributed by atoms with Crippen molar-refractivity contribution in [2.45, 2.75) is 39.7 Å². The highest BCUT2D eigenvalue weighted by atomic mass is 16.5. The van der Waals surface area contributed by atoms with Gasteiger partial charge in [0.25, 0.3) is 0 Å². The van der Waals surface area contributed by atoms with Crippen molar-refractivity contribution in [2.24, 2.45) is 5.92 Å². The molecule has 0 fully saturated rings. The lowest BCUT2D eigenvalue weighted by Crippen LogP contribution is -2.23. The summed E-state index contributed by atoms with van der Waals surface area (Å²) in [5, 5.41) is 12.4. The molecule has 0 radical (unpaired) electrons. The molecule has 1 heterocycles. The molecular formula is C15H26N2O2. The molecule has 108 valence electrons. The highest BCUT2D eigenvalue weighted by Gasteiger charge is 2.07. The minimum atomic E-state index is 0.267. The molecule has 0 aliphatic heterocycles. The van der Waals surface area contributed by atoms with Crippen LogP contribution >= 0.6 is 0 Å². The van der Waals surface area contributed by atoms with E-state index in [1.165, 1.54) is 0 Å². The summed E-state index contributed by atoms with van der Waals surface area (Å²) in [6, 6.07) is 3.88. The molecule has 2 N–H and O–H groups in total. The Morgan fingerprint density at radius 3 is 2.79 bits per heavy atom. The lowest BCUT2D eigenvalue weighted by Gasteiger charge is -2.15. The molecule has 1 rings (SSSR count). The third kappa shape index (κ3) is 6.03. The van der Waals surface area contributed by atoms with Gasteiger partial charge in [-0.05, 0) is 32.2 Å². The summed E-state index contributed by atoms with van der Waals surface area (Å²) in [4.78, 5) is 4.48. The third-order valence-electron chi connectivity index (χ3n) is 3.19. The van der Waals surface area contributed by atoms with E-state index < -0.39 is 0 Å². The van der Waals surface area contributed by atoms with Gasteiger partial charge in [0, 0.05) is 31.0 Å². The van der Waals surface area contributed by atoms with E-state index in [0.29, 0.717) is 5.92 Å². The number of hydrogen-bond acceptors (Lipinski definition) is 4. The van der Waals surface area contributed by atoms with Gasteiger partial charge in [-0.1, -0.05) is 13.3 Å². The maximum Gasteiger partial charge on any atom is 0.122 e. The first kappa shape index (κ1) is 15.9. The average Bonchev–Trinajstić information content (AvgIpc) is 2.38. The van der Waals surface area contributed by atoms with E-state index in [9.17, 15) is 0 Å². The fraction of sp³-hybridized carbons (Fsp3) is 0.667. The van der Waals surface area contributed by atoms with E-state index in [2.05, 4.69) is 17.2 Å². The molecule has 0 aliphatic carbocycles. The van der Waals surface area contributed by atoms with Gasteiger partial charge in [0.05, 0.1) is 12.8 Å². The molecule has 0 aliphatic rings. The molecule has 0 spiro atoms. The van der Waals surface area contributed by atoms with Crippen molar-refractivity contribution in [3.05, 3.63) is 23.5 Å². The Labute approximate surface area is 116 Å². The highest BCUT2D eigenvalue weighted by Crippen LogP contribution is 2.14. The van der Waals surface area contributed by atoms with E-state index in [1.807, 2.05) is 19.1 Å². The van der Waals surface area contributed by atoms with E-state index in [0.717, 1.165) is 49.5 Å². The Morgan fingerprint density at radius 2 is 2.16 bits per heavy atom. The second-order valence-corrected chi connectivity index (χ2v) is 4.94.